The Labute approximate surface area is 143 Å². The lowest BCUT2D eigenvalue weighted by atomic mass is 10.3. The molecular formula is C16H18N4O5. The lowest BCUT2D eigenvalue weighted by Gasteiger charge is -2.14. The number of aromatic amines is 1. The molecule has 25 heavy (non-hydrogen) atoms. The molecule has 1 atom stereocenters. The van der Waals surface area contributed by atoms with Gasteiger partial charge in [-0.1, -0.05) is 0 Å². The predicted molar refractivity (Wildman–Crippen MR) is 88.4 cm³/mol. The van der Waals surface area contributed by atoms with Crippen molar-refractivity contribution in [2.24, 2.45) is 0 Å². The van der Waals surface area contributed by atoms with Crippen LogP contribution < -0.4 is 20.9 Å². The van der Waals surface area contributed by atoms with Crippen molar-refractivity contribution in [3.05, 3.63) is 52.4 Å². The summed E-state index contributed by atoms with van der Waals surface area (Å²) in [4.78, 5) is 34.5. The van der Waals surface area contributed by atoms with E-state index in [9.17, 15) is 19.5 Å². The van der Waals surface area contributed by atoms with E-state index in [0.717, 1.165) is 0 Å². The molecule has 0 aliphatic carbocycles. The Morgan fingerprint density at radius 2 is 1.84 bits per heavy atom. The van der Waals surface area contributed by atoms with E-state index in [2.05, 4.69) is 20.8 Å². The lowest BCUT2D eigenvalue weighted by molar-refractivity contribution is -0.127. The highest BCUT2D eigenvalue weighted by Gasteiger charge is 2.14. The Bertz CT molecular complexity index is 767. The molecule has 0 fully saturated rings. The van der Waals surface area contributed by atoms with Crippen molar-refractivity contribution in [2.75, 3.05) is 13.1 Å². The summed E-state index contributed by atoms with van der Waals surface area (Å²) in [6, 6.07) is 8.53. The first kappa shape index (κ1) is 18.0. The van der Waals surface area contributed by atoms with Gasteiger partial charge in [0.25, 0.3) is 17.4 Å². The first-order chi connectivity index (χ1) is 12.0. The van der Waals surface area contributed by atoms with Crippen LogP contribution in [0.4, 0.5) is 0 Å². The number of phenols is 1. The smallest absolute Gasteiger partial charge is 0.271 e. The third kappa shape index (κ3) is 5.65. The number of H-pyrrole nitrogens is 1. The van der Waals surface area contributed by atoms with E-state index >= 15 is 0 Å². The number of carbonyl (C=O) groups excluding carboxylic acids is 2. The predicted octanol–water partition coefficient (Wildman–Crippen LogP) is -0.211. The maximum Gasteiger partial charge on any atom is 0.271 e. The molecule has 2 rings (SSSR count). The van der Waals surface area contributed by atoms with Crippen molar-refractivity contribution < 1.29 is 19.4 Å². The number of hydrogen-bond donors (Lipinski definition) is 4. The minimum absolute atomic E-state index is 0.0787. The van der Waals surface area contributed by atoms with Gasteiger partial charge in [-0.3, -0.25) is 14.4 Å². The quantitative estimate of drug-likeness (QED) is 0.513. The molecule has 1 unspecified atom stereocenters. The van der Waals surface area contributed by atoms with Crippen molar-refractivity contribution >= 4 is 11.8 Å². The van der Waals surface area contributed by atoms with Crippen LogP contribution in [-0.2, 0) is 4.79 Å². The van der Waals surface area contributed by atoms with Crippen LogP contribution in [0.2, 0.25) is 0 Å². The van der Waals surface area contributed by atoms with Crippen molar-refractivity contribution in [1.29, 1.82) is 0 Å². The zero-order valence-electron chi connectivity index (χ0n) is 13.5. The van der Waals surface area contributed by atoms with Gasteiger partial charge in [0, 0.05) is 19.2 Å². The van der Waals surface area contributed by atoms with Gasteiger partial charge in [0.15, 0.2) is 6.10 Å². The first-order valence-electron chi connectivity index (χ1n) is 7.53. The van der Waals surface area contributed by atoms with Gasteiger partial charge in [-0.05, 0) is 37.3 Å². The highest BCUT2D eigenvalue weighted by Crippen LogP contribution is 2.17. The first-order valence-corrected chi connectivity index (χ1v) is 7.53. The van der Waals surface area contributed by atoms with Crippen molar-refractivity contribution in [3.63, 3.8) is 0 Å². The molecule has 2 amide bonds. The average Bonchev–Trinajstić information content (AvgIpc) is 2.60. The second-order valence-corrected chi connectivity index (χ2v) is 5.11. The fourth-order valence-corrected chi connectivity index (χ4v) is 1.85. The number of nitrogens with zero attached hydrogens (tertiary/aromatic N) is 1. The summed E-state index contributed by atoms with van der Waals surface area (Å²) in [6.45, 7) is 1.99. The lowest BCUT2D eigenvalue weighted by Crippen LogP contribution is -2.40. The van der Waals surface area contributed by atoms with Crippen LogP contribution in [0.1, 0.15) is 17.4 Å². The fourth-order valence-electron chi connectivity index (χ4n) is 1.85. The molecule has 2 aromatic rings. The van der Waals surface area contributed by atoms with Gasteiger partial charge < -0.3 is 20.5 Å². The number of hydrogen-bond acceptors (Lipinski definition) is 6. The Morgan fingerprint density at radius 3 is 2.48 bits per heavy atom. The number of carbonyl (C=O) groups is 2. The van der Waals surface area contributed by atoms with Crippen LogP contribution in [0.3, 0.4) is 0 Å². The average molecular weight is 346 g/mol. The summed E-state index contributed by atoms with van der Waals surface area (Å²) in [5.41, 5.74) is -0.318. The van der Waals surface area contributed by atoms with Crippen molar-refractivity contribution in [3.8, 4) is 11.5 Å². The van der Waals surface area contributed by atoms with Crippen LogP contribution in [0.25, 0.3) is 0 Å². The Balaban J connectivity index is 1.70. The third-order valence-electron chi connectivity index (χ3n) is 3.14. The second-order valence-electron chi connectivity index (χ2n) is 5.11. The van der Waals surface area contributed by atoms with Gasteiger partial charge in [-0.2, -0.15) is 5.10 Å². The number of nitrogens with one attached hydrogen (secondary N) is 3. The van der Waals surface area contributed by atoms with Crippen LogP contribution in [0.5, 0.6) is 11.5 Å². The molecule has 9 heteroatoms. The third-order valence-corrected chi connectivity index (χ3v) is 3.14. The monoisotopic (exact) mass is 346 g/mol. The van der Waals surface area contributed by atoms with Crippen molar-refractivity contribution in [1.82, 2.24) is 20.8 Å². The minimum atomic E-state index is -0.735. The Hall–Kier alpha value is -3.36. The molecule has 0 aliphatic heterocycles. The second kappa shape index (κ2) is 8.48. The van der Waals surface area contributed by atoms with Gasteiger partial charge in [-0.25, -0.2) is 5.10 Å². The highest BCUT2D eigenvalue weighted by atomic mass is 16.5. The molecule has 0 radical (unpaired) electrons. The topological polar surface area (TPSA) is 133 Å². The van der Waals surface area contributed by atoms with E-state index in [0.29, 0.717) is 5.75 Å². The van der Waals surface area contributed by atoms with Crippen LogP contribution in [0.15, 0.2) is 41.2 Å². The van der Waals surface area contributed by atoms with E-state index < -0.39 is 17.6 Å². The molecule has 0 bridgehead atoms. The number of aromatic nitrogens is 2. The number of amides is 2. The number of phenolic OH excluding ortho intramolecular Hbond substituents is 1. The molecule has 9 nitrogen and oxygen atoms in total. The summed E-state index contributed by atoms with van der Waals surface area (Å²) in [5, 5.41) is 20.1. The largest absolute Gasteiger partial charge is 0.508 e. The van der Waals surface area contributed by atoms with E-state index in [1.165, 1.54) is 24.3 Å². The molecule has 4 N–H and O–H groups in total. The number of ether oxygens (including phenoxy) is 1. The van der Waals surface area contributed by atoms with E-state index in [1.54, 1.807) is 19.1 Å². The molecule has 132 valence electrons. The highest BCUT2D eigenvalue weighted by molar-refractivity contribution is 5.92. The van der Waals surface area contributed by atoms with Gasteiger partial charge in [0.05, 0.1) is 0 Å². The standard InChI is InChI=1S/C16H18N4O5/c1-10(25-12-4-2-11(21)3-5-12)15(23)17-8-9-18-16(24)13-6-7-14(22)20-19-13/h2-7,10,21H,8-9H2,1H3,(H,17,23)(H,18,24)(H,20,22). The fraction of sp³-hybridized carbons (Fsp3) is 0.250. The molecule has 0 saturated heterocycles. The normalized spacial score (nSPS) is 11.4. The summed E-state index contributed by atoms with van der Waals surface area (Å²) in [7, 11) is 0. The SMILES string of the molecule is CC(Oc1ccc(O)cc1)C(=O)NCCNC(=O)c1ccc(=O)[nH]n1. The molecule has 1 aromatic heterocycles. The number of aromatic hydroxyl groups is 1. The summed E-state index contributed by atoms with van der Waals surface area (Å²) >= 11 is 0. The maximum atomic E-state index is 11.9. The van der Waals surface area contributed by atoms with Gasteiger partial charge in [0.2, 0.25) is 0 Å². The molecule has 1 heterocycles. The van der Waals surface area contributed by atoms with Gasteiger partial charge in [-0.15, -0.1) is 0 Å². The Kier molecular flexibility index (Phi) is 6.10. The zero-order chi connectivity index (χ0) is 18.2. The Morgan fingerprint density at radius 1 is 1.16 bits per heavy atom. The van der Waals surface area contributed by atoms with E-state index in [1.807, 2.05) is 0 Å². The number of benzene rings is 1. The molecule has 0 aliphatic rings. The maximum absolute atomic E-state index is 11.9. The van der Waals surface area contributed by atoms with E-state index in [-0.39, 0.29) is 30.4 Å². The summed E-state index contributed by atoms with van der Waals surface area (Å²) in [6.07, 6.45) is -0.735. The summed E-state index contributed by atoms with van der Waals surface area (Å²) in [5.74, 6) is -0.238. The molecular weight excluding hydrogens is 328 g/mol. The number of rotatable bonds is 7. The summed E-state index contributed by atoms with van der Waals surface area (Å²) < 4.78 is 5.44. The van der Waals surface area contributed by atoms with Gasteiger partial charge in [0.1, 0.15) is 17.2 Å². The van der Waals surface area contributed by atoms with Crippen LogP contribution in [-0.4, -0.2) is 46.3 Å². The van der Waals surface area contributed by atoms with Gasteiger partial charge >= 0.3 is 0 Å². The van der Waals surface area contributed by atoms with E-state index in [4.69, 9.17) is 4.74 Å². The molecule has 0 spiro atoms. The zero-order valence-corrected chi connectivity index (χ0v) is 13.5. The molecule has 1 aromatic carbocycles. The van der Waals surface area contributed by atoms with Crippen LogP contribution in [0, 0.1) is 0 Å². The molecule has 0 saturated carbocycles. The van der Waals surface area contributed by atoms with Crippen LogP contribution >= 0.6 is 0 Å². The van der Waals surface area contributed by atoms with Crippen molar-refractivity contribution in [2.45, 2.75) is 13.0 Å². The minimum Gasteiger partial charge on any atom is -0.508 e.